The molecule has 0 amide bonds. The van der Waals surface area contributed by atoms with Gasteiger partial charge in [0.05, 0.1) is 0 Å². The molecule has 0 aromatic heterocycles. The van der Waals surface area contributed by atoms with Gasteiger partial charge in [0.25, 0.3) is 0 Å². The Kier molecular flexibility index (Phi) is 4.25. The van der Waals surface area contributed by atoms with Crippen molar-refractivity contribution in [3.63, 3.8) is 0 Å². The van der Waals surface area contributed by atoms with E-state index in [2.05, 4.69) is 25.4 Å². The van der Waals surface area contributed by atoms with E-state index in [0.717, 1.165) is 12.5 Å². The Hall–Kier alpha value is 1.68. The number of ether oxygens (including phenoxy) is 1. The van der Waals surface area contributed by atoms with Crippen LogP contribution < -0.4 is 0 Å². The maximum absolute atomic E-state index is 6.05. The molecule has 1 heterocycles. The molecule has 0 bridgehead atoms. The predicted molar refractivity (Wildman–Crippen MR) is 65.7 cm³/mol. The zero-order valence-electron chi connectivity index (χ0n) is 8.34. The molecule has 2 aliphatic rings. The summed E-state index contributed by atoms with van der Waals surface area (Å²) in [5.41, 5.74) is 0. The number of fused-ring (bicyclic) bond motifs is 1. The molecule has 14 heavy (non-hydrogen) atoms. The molecule has 1 aliphatic carbocycles. The average Bonchev–Trinajstić information content (AvgIpc) is 2.50. The molecule has 3 atom stereocenters. The molecule has 0 aromatic rings. The van der Waals surface area contributed by atoms with E-state index in [1.165, 1.54) is 23.7 Å². The molecule has 2 nitrogen and oxygen atoms in total. The van der Waals surface area contributed by atoms with Crippen molar-refractivity contribution in [2.24, 2.45) is 11.8 Å². The van der Waals surface area contributed by atoms with Crippen LogP contribution in [-0.2, 0) is 7.81 Å². The third kappa shape index (κ3) is 2.67. The molecule has 0 aromatic carbocycles. The SMILES string of the molecule is CCOC1[O][Sn]([Br])([Br])[CH2]C2CCCC21. The second-order valence-electron chi connectivity index (χ2n) is 4.14. The van der Waals surface area contributed by atoms with Crippen LogP contribution in [-0.4, -0.2) is 27.2 Å². The number of halogens is 2. The average molecular weight is 435 g/mol. The van der Waals surface area contributed by atoms with E-state index in [1.54, 1.807) is 0 Å². The van der Waals surface area contributed by atoms with E-state index in [-0.39, 0.29) is 6.29 Å². The van der Waals surface area contributed by atoms with Gasteiger partial charge in [-0.3, -0.25) is 0 Å². The molecule has 1 saturated carbocycles. The first-order valence-electron chi connectivity index (χ1n) is 5.29. The van der Waals surface area contributed by atoms with Crippen LogP contribution >= 0.6 is 25.4 Å². The van der Waals surface area contributed by atoms with E-state index >= 15 is 0 Å². The molecule has 0 spiro atoms. The van der Waals surface area contributed by atoms with Crippen molar-refractivity contribution >= 4 is 39.8 Å². The van der Waals surface area contributed by atoms with E-state index in [0.29, 0.717) is 5.92 Å². The zero-order chi connectivity index (χ0) is 10.2. The molecule has 3 unspecified atom stereocenters. The molecule has 0 N–H and O–H groups in total. The van der Waals surface area contributed by atoms with Gasteiger partial charge in [-0.15, -0.1) is 0 Å². The van der Waals surface area contributed by atoms with E-state index in [1.807, 2.05) is 6.92 Å². The zero-order valence-corrected chi connectivity index (χ0v) is 14.4. The second-order valence-corrected chi connectivity index (χ2v) is 33.9. The first kappa shape index (κ1) is 12.1. The molecule has 2 rings (SSSR count). The third-order valence-corrected chi connectivity index (χ3v) is 14.5. The summed E-state index contributed by atoms with van der Waals surface area (Å²) < 4.78 is 13.0. The fourth-order valence-electron chi connectivity index (χ4n) is 2.61. The van der Waals surface area contributed by atoms with E-state index < -0.39 is 14.3 Å². The summed E-state index contributed by atoms with van der Waals surface area (Å²) >= 11 is 5.02. The van der Waals surface area contributed by atoms with Gasteiger partial charge in [-0.25, -0.2) is 0 Å². The Morgan fingerprint density at radius 2 is 2.21 bits per heavy atom. The van der Waals surface area contributed by atoms with Gasteiger partial charge in [-0.2, -0.15) is 0 Å². The van der Waals surface area contributed by atoms with Gasteiger partial charge in [-0.05, 0) is 0 Å². The Morgan fingerprint density at radius 1 is 1.43 bits per heavy atom. The molecule has 0 radical (unpaired) electrons. The summed E-state index contributed by atoms with van der Waals surface area (Å²) in [5, 5.41) is 0. The summed E-state index contributed by atoms with van der Waals surface area (Å²) in [5.74, 6) is 1.50. The van der Waals surface area contributed by atoms with Gasteiger partial charge in [0.2, 0.25) is 0 Å². The second kappa shape index (κ2) is 4.90. The van der Waals surface area contributed by atoms with Gasteiger partial charge in [0, 0.05) is 0 Å². The van der Waals surface area contributed by atoms with Crippen molar-refractivity contribution in [2.45, 2.75) is 36.9 Å². The Balaban J connectivity index is 2.06. The van der Waals surface area contributed by atoms with Crippen LogP contribution in [0.2, 0.25) is 4.44 Å². The molecular weight excluding hydrogens is 419 g/mol. The van der Waals surface area contributed by atoms with Crippen LogP contribution in [0.5, 0.6) is 0 Å². The summed E-state index contributed by atoms with van der Waals surface area (Å²) in [6.07, 6.45) is 4.07. The van der Waals surface area contributed by atoms with Gasteiger partial charge in [0.15, 0.2) is 0 Å². The monoisotopic (exact) mass is 434 g/mol. The van der Waals surface area contributed by atoms with Crippen molar-refractivity contribution in [3.8, 4) is 0 Å². The van der Waals surface area contributed by atoms with Crippen LogP contribution in [0.1, 0.15) is 26.2 Å². The van der Waals surface area contributed by atoms with Crippen LogP contribution in [0, 0.1) is 11.8 Å². The molecule has 2 fully saturated rings. The van der Waals surface area contributed by atoms with Crippen molar-refractivity contribution in [3.05, 3.63) is 0 Å². The molecular formula is C9H16Br2O2Sn. The van der Waals surface area contributed by atoms with Gasteiger partial charge < -0.3 is 0 Å². The molecule has 5 heteroatoms. The Bertz CT molecular complexity index is 213. The van der Waals surface area contributed by atoms with Crippen molar-refractivity contribution < 1.29 is 7.81 Å². The summed E-state index contributed by atoms with van der Waals surface area (Å²) in [4.78, 5) is 0. The van der Waals surface area contributed by atoms with Crippen LogP contribution in [0.15, 0.2) is 0 Å². The third-order valence-electron chi connectivity index (χ3n) is 3.19. The first-order chi connectivity index (χ1) is 6.62. The standard InChI is InChI=1S/C9H16O2.2BrH.Sn/c1-3-11-9(10)8-6-4-5-7(8)2;;;/h7-9H,2-6H2,1H3;2*1H;/q-1;;;+3/p-2. The molecule has 1 aliphatic heterocycles. The Labute approximate surface area is 102 Å². The summed E-state index contributed by atoms with van der Waals surface area (Å²) in [6.45, 7) is 2.80. The Morgan fingerprint density at radius 3 is 2.93 bits per heavy atom. The minimum absolute atomic E-state index is 0.0656. The fourth-order valence-corrected chi connectivity index (χ4v) is 15.8. The van der Waals surface area contributed by atoms with Crippen LogP contribution in [0.3, 0.4) is 0 Å². The van der Waals surface area contributed by atoms with E-state index in [9.17, 15) is 0 Å². The summed E-state index contributed by atoms with van der Waals surface area (Å²) in [6, 6.07) is 0. The number of rotatable bonds is 2. The van der Waals surface area contributed by atoms with E-state index in [4.69, 9.17) is 7.81 Å². The molecule has 1 saturated heterocycles. The van der Waals surface area contributed by atoms with Crippen molar-refractivity contribution in [2.75, 3.05) is 6.61 Å². The maximum atomic E-state index is 6.05. The van der Waals surface area contributed by atoms with Gasteiger partial charge >= 0.3 is 103 Å². The topological polar surface area (TPSA) is 18.5 Å². The molecule has 82 valence electrons. The fraction of sp³-hybridized carbons (Fsp3) is 1.00. The predicted octanol–water partition coefficient (Wildman–Crippen LogP) is 3.52. The van der Waals surface area contributed by atoms with Crippen LogP contribution in [0.4, 0.5) is 0 Å². The van der Waals surface area contributed by atoms with Gasteiger partial charge in [0.1, 0.15) is 0 Å². The normalized spacial score (nSPS) is 40.9. The summed E-state index contributed by atoms with van der Waals surface area (Å²) in [7, 11) is 0. The number of hydrogen-bond donors (Lipinski definition) is 0. The minimum atomic E-state index is -2.50. The quantitative estimate of drug-likeness (QED) is 0.619. The first-order valence-corrected chi connectivity index (χ1v) is 21.3. The number of hydrogen-bond acceptors (Lipinski definition) is 2. The van der Waals surface area contributed by atoms with Crippen molar-refractivity contribution in [1.29, 1.82) is 0 Å². The van der Waals surface area contributed by atoms with Crippen LogP contribution in [0.25, 0.3) is 0 Å². The van der Waals surface area contributed by atoms with Crippen molar-refractivity contribution in [1.82, 2.24) is 0 Å². The van der Waals surface area contributed by atoms with Gasteiger partial charge in [-0.1, -0.05) is 0 Å².